The summed E-state index contributed by atoms with van der Waals surface area (Å²) in [5.41, 5.74) is 6.33. The third-order valence-electron chi connectivity index (χ3n) is 3.80. The lowest BCUT2D eigenvalue weighted by atomic mass is 9.99. The first kappa shape index (κ1) is 16.1. The van der Waals surface area contributed by atoms with E-state index in [2.05, 4.69) is 4.90 Å². The number of aliphatic hydroxyl groups is 1. The van der Waals surface area contributed by atoms with E-state index in [1.165, 1.54) is 12.8 Å². The third-order valence-corrected chi connectivity index (χ3v) is 3.80. The first-order valence-electron chi connectivity index (χ1n) is 7.55. The van der Waals surface area contributed by atoms with Crippen LogP contribution in [0.5, 0.6) is 5.75 Å². The zero-order valence-corrected chi connectivity index (χ0v) is 12.7. The maximum Gasteiger partial charge on any atom is 0.119 e. The van der Waals surface area contributed by atoms with Crippen LogP contribution >= 0.6 is 0 Å². The Morgan fingerprint density at radius 1 is 1.38 bits per heavy atom. The topological polar surface area (TPSA) is 68.0 Å². The second-order valence-electron chi connectivity index (χ2n) is 5.76. The van der Waals surface area contributed by atoms with Crippen molar-refractivity contribution < 1.29 is 14.6 Å². The first-order valence-corrected chi connectivity index (χ1v) is 7.55. The number of piperidine rings is 1. The minimum absolute atomic E-state index is 0.301. The number of methoxy groups -OCH3 is 1. The van der Waals surface area contributed by atoms with Crippen molar-refractivity contribution in [1.29, 1.82) is 0 Å². The van der Waals surface area contributed by atoms with E-state index < -0.39 is 6.10 Å². The van der Waals surface area contributed by atoms with Crippen molar-refractivity contribution in [3.05, 3.63) is 24.3 Å². The molecule has 2 atom stereocenters. The number of benzene rings is 1. The van der Waals surface area contributed by atoms with Crippen molar-refractivity contribution in [3.8, 4) is 5.75 Å². The van der Waals surface area contributed by atoms with Crippen LogP contribution in [0.2, 0.25) is 0 Å². The summed E-state index contributed by atoms with van der Waals surface area (Å²) in [6.45, 7) is 3.78. The van der Waals surface area contributed by atoms with Gasteiger partial charge in [0.25, 0.3) is 0 Å². The molecule has 5 nitrogen and oxygen atoms in total. The van der Waals surface area contributed by atoms with Gasteiger partial charge in [-0.3, -0.25) is 0 Å². The van der Waals surface area contributed by atoms with Crippen LogP contribution in [0.4, 0.5) is 5.69 Å². The van der Waals surface area contributed by atoms with Crippen molar-refractivity contribution in [2.45, 2.75) is 18.9 Å². The number of nitrogens with two attached hydrogens (primary N) is 1. The molecule has 0 aromatic heterocycles. The van der Waals surface area contributed by atoms with Crippen LogP contribution in [-0.4, -0.2) is 56.1 Å². The highest BCUT2D eigenvalue weighted by atomic mass is 16.5. The van der Waals surface area contributed by atoms with Gasteiger partial charge in [-0.1, -0.05) is 0 Å². The van der Waals surface area contributed by atoms with Gasteiger partial charge < -0.3 is 25.2 Å². The van der Waals surface area contributed by atoms with Crippen molar-refractivity contribution >= 4 is 5.69 Å². The van der Waals surface area contributed by atoms with Crippen molar-refractivity contribution in [1.82, 2.24) is 4.90 Å². The Kier molecular flexibility index (Phi) is 6.29. The number of nitrogen functional groups attached to an aromatic ring is 1. The summed E-state index contributed by atoms with van der Waals surface area (Å²) < 4.78 is 10.8. The number of nitrogens with zero attached hydrogens (tertiary/aromatic N) is 1. The van der Waals surface area contributed by atoms with Crippen LogP contribution in [0.25, 0.3) is 0 Å². The number of aliphatic hydroxyl groups excluding tert-OH is 1. The summed E-state index contributed by atoms with van der Waals surface area (Å²) >= 11 is 0. The highest BCUT2D eigenvalue weighted by Gasteiger charge is 2.21. The molecule has 0 amide bonds. The van der Waals surface area contributed by atoms with Crippen LogP contribution in [0.1, 0.15) is 12.8 Å². The van der Waals surface area contributed by atoms with E-state index in [0.29, 0.717) is 24.8 Å². The van der Waals surface area contributed by atoms with Gasteiger partial charge in [-0.05, 0) is 49.6 Å². The maximum atomic E-state index is 10.1. The fourth-order valence-corrected chi connectivity index (χ4v) is 2.80. The van der Waals surface area contributed by atoms with Crippen molar-refractivity contribution in [2.24, 2.45) is 5.92 Å². The van der Waals surface area contributed by atoms with E-state index in [9.17, 15) is 5.11 Å². The smallest absolute Gasteiger partial charge is 0.119 e. The van der Waals surface area contributed by atoms with E-state index in [-0.39, 0.29) is 0 Å². The predicted octanol–water partition coefficient (Wildman–Crippen LogP) is 1.37. The number of likely N-dealkylation sites (tertiary alicyclic amines) is 1. The van der Waals surface area contributed by atoms with Gasteiger partial charge in [0.15, 0.2) is 0 Å². The largest absolute Gasteiger partial charge is 0.491 e. The number of β-amino-alcohol motifs (C(OH)–C–C–N with tert-alkyl or cyclic N) is 1. The summed E-state index contributed by atoms with van der Waals surface area (Å²) in [4.78, 5) is 2.30. The second kappa shape index (κ2) is 8.22. The molecule has 2 unspecified atom stereocenters. The molecular weight excluding hydrogens is 268 g/mol. The average Bonchev–Trinajstić information content (AvgIpc) is 2.47. The Bertz CT molecular complexity index is 408. The zero-order chi connectivity index (χ0) is 15.1. The molecule has 1 aromatic rings. The highest BCUT2D eigenvalue weighted by Crippen LogP contribution is 2.17. The molecule has 1 heterocycles. The minimum Gasteiger partial charge on any atom is -0.491 e. The van der Waals surface area contributed by atoms with E-state index in [1.807, 2.05) is 12.1 Å². The molecule has 3 N–H and O–H groups in total. The summed E-state index contributed by atoms with van der Waals surface area (Å²) in [7, 11) is 1.74. The van der Waals surface area contributed by atoms with Gasteiger partial charge in [0.1, 0.15) is 18.5 Å². The quantitative estimate of drug-likeness (QED) is 0.743. The van der Waals surface area contributed by atoms with Gasteiger partial charge >= 0.3 is 0 Å². The first-order chi connectivity index (χ1) is 10.2. The monoisotopic (exact) mass is 294 g/mol. The third kappa shape index (κ3) is 5.53. The lowest BCUT2D eigenvalue weighted by Crippen LogP contribution is -2.42. The molecule has 1 saturated heterocycles. The van der Waals surface area contributed by atoms with E-state index in [4.69, 9.17) is 15.2 Å². The van der Waals surface area contributed by atoms with Gasteiger partial charge in [0.2, 0.25) is 0 Å². The number of anilines is 1. The van der Waals surface area contributed by atoms with Crippen LogP contribution in [-0.2, 0) is 4.74 Å². The van der Waals surface area contributed by atoms with Crippen LogP contribution in [0.3, 0.4) is 0 Å². The van der Waals surface area contributed by atoms with Gasteiger partial charge in [0.05, 0.1) is 6.61 Å². The minimum atomic E-state index is -0.483. The molecular formula is C16H26N2O3. The number of hydrogen-bond donors (Lipinski definition) is 2. The van der Waals surface area contributed by atoms with Gasteiger partial charge in [-0.15, -0.1) is 0 Å². The Hall–Kier alpha value is -1.30. The molecule has 0 bridgehead atoms. The van der Waals surface area contributed by atoms with Crippen molar-refractivity contribution in [2.75, 3.05) is 45.7 Å². The fourth-order valence-electron chi connectivity index (χ4n) is 2.80. The van der Waals surface area contributed by atoms with E-state index in [0.717, 1.165) is 25.4 Å². The second-order valence-corrected chi connectivity index (χ2v) is 5.76. The van der Waals surface area contributed by atoms with E-state index >= 15 is 0 Å². The zero-order valence-electron chi connectivity index (χ0n) is 12.7. The number of ether oxygens (including phenoxy) is 2. The summed E-state index contributed by atoms with van der Waals surface area (Å²) in [6.07, 6.45) is 1.89. The fraction of sp³-hybridized carbons (Fsp3) is 0.625. The molecule has 0 spiro atoms. The molecule has 118 valence electrons. The molecule has 0 saturated carbocycles. The molecule has 0 aliphatic carbocycles. The number of rotatable bonds is 7. The highest BCUT2D eigenvalue weighted by molar-refractivity contribution is 5.41. The molecule has 0 radical (unpaired) electrons. The Balaban J connectivity index is 1.71. The maximum absolute atomic E-state index is 10.1. The molecule has 21 heavy (non-hydrogen) atoms. The Morgan fingerprint density at radius 3 is 2.86 bits per heavy atom. The van der Waals surface area contributed by atoms with Gasteiger partial charge in [-0.2, -0.15) is 0 Å². The standard InChI is InChI=1S/C16H26N2O3/c1-20-11-13-3-2-8-18(9-13)10-15(19)12-21-16-6-4-14(17)5-7-16/h4-7,13,15,19H,2-3,8-12,17H2,1H3. The Labute approximate surface area is 126 Å². The molecule has 1 aliphatic rings. The molecule has 1 aromatic carbocycles. The SMILES string of the molecule is COCC1CCCN(CC(O)COc2ccc(N)cc2)C1. The van der Waals surface area contributed by atoms with Crippen LogP contribution in [0, 0.1) is 5.92 Å². The van der Waals surface area contributed by atoms with E-state index in [1.54, 1.807) is 19.2 Å². The molecule has 1 fully saturated rings. The Morgan fingerprint density at radius 2 is 2.14 bits per heavy atom. The van der Waals surface area contributed by atoms with Gasteiger partial charge in [0, 0.05) is 25.9 Å². The summed E-state index contributed by atoms with van der Waals surface area (Å²) in [5, 5.41) is 10.1. The van der Waals surface area contributed by atoms with Gasteiger partial charge in [-0.25, -0.2) is 0 Å². The van der Waals surface area contributed by atoms with Crippen LogP contribution < -0.4 is 10.5 Å². The average molecular weight is 294 g/mol. The lowest BCUT2D eigenvalue weighted by molar-refractivity contribution is 0.0371. The normalized spacial score (nSPS) is 21.1. The van der Waals surface area contributed by atoms with Crippen molar-refractivity contribution in [3.63, 3.8) is 0 Å². The molecule has 5 heteroatoms. The summed E-state index contributed by atoms with van der Waals surface area (Å²) in [5.74, 6) is 1.31. The predicted molar refractivity (Wildman–Crippen MR) is 83.4 cm³/mol. The number of hydrogen-bond acceptors (Lipinski definition) is 5. The molecule has 1 aliphatic heterocycles. The molecule has 2 rings (SSSR count). The van der Waals surface area contributed by atoms with Crippen LogP contribution in [0.15, 0.2) is 24.3 Å². The lowest BCUT2D eigenvalue weighted by Gasteiger charge is -2.33. The summed E-state index contributed by atoms with van der Waals surface area (Å²) in [6, 6.07) is 7.22.